The monoisotopic (exact) mass is 251 g/mol. The smallest absolute Gasteiger partial charge is 0.123 e. The maximum absolute atomic E-state index is 12.7. The molecule has 0 atom stereocenters. The van der Waals surface area contributed by atoms with Crippen molar-refractivity contribution < 1.29 is 4.39 Å². The van der Waals surface area contributed by atoms with Crippen LogP contribution in [0.3, 0.4) is 0 Å². The molecule has 0 aliphatic rings. The zero-order chi connectivity index (χ0) is 13.3. The third kappa shape index (κ3) is 4.74. The van der Waals surface area contributed by atoms with Crippen LogP contribution in [0.5, 0.6) is 0 Å². The highest BCUT2D eigenvalue weighted by Crippen LogP contribution is 2.00. The zero-order valence-corrected chi connectivity index (χ0v) is 10.6. The second kappa shape index (κ2) is 7.09. The quantitative estimate of drug-likeness (QED) is 0.581. The number of aryl methyl sites for hydroxylation is 1. The highest BCUT2D eigenvalue weighted by molar-refractivity contribution is 5.39. The van der Waals surface area contributed by atoms with Gasteiger partial charge in [0, 0.05) is 30.9 Å². The predicted molar refractivity (Wildman–Crippen MR) is 74.7 cm³/mol. The number of rotatable bonds is 3. The van der Waals surface area contributed by atoms with E-state index in [4.69, 9.17) is 0 Å². The van der Waals surface area contributed by atoms with E-state index in [2.05, 4.69) is 28.2 Å². The van der Waals surface area contributed by atoms with Crippen molar-refractivity contribution in [3.05, 3.63) is 60.2 Å². The minimum Gasteiger partial charge on any atom is -0.354 e. The van der Waals surface area contributed by atoms with E-state index in [1.54, 1.807) is 12.1 Å². The lowest BCUT2D eigenvalue weighted by Gasteiger charge is -1.97. The van der Waals surface area contributed by atoms with Gasteiger partial charge in [0.1, 0.15) is 5.82 Å². The van der Waals surface area contributed by atoms with Gasteiger partial charge in [0.25, 0.3) is 0 Å². The van der Waals surface area contributed by atoms with Gasteiger partial charge in [0.2, 0.25) is 0 Å². The zero-order valence-electron chi connectivity index (χ0n) is 10.6. The molecule has 2 heteroatoms. The van der Waals surface area contributed by atoms with Gasteiger partial charge < -0.3 is 4.57 Å². The molecular formula is C17H14FN. The molecule has 0 aliphatic heterocycles. The Labute approximate surface area is 113 Å². The van der Waals surface area contributed by atoms with E-state index in [-0.39, 0.29) is 5.82 Å². The fourth-order valence-corrected chi connectivity index (χ4v) is 1.61. The van der Waals surface area contributed by atoms with Crippen molar-refractivity contribution in [2.45, 2.75) is 19.4 Å². The summed E-state index contributed by atoms with van der Waals surface area (Å²) >= 11 is 0. The van der Waals surface area contributed by atoms with Gasteiger partial charge in [-0.15, -0.1) is 0 Å². The maximum atomic E-state index is 12.7. The summed E-state index contributed by atoms with van der Waals surface area (Å²) in [6.45, 7) is 0.979. The summed E-state index contributed by atoms with van der Waals surface area (Å²) in [4.78, 5) is 0. The van der Waals surface area contributed by atoms with Gasteiger partial charge in [-0.25, -0.2) is 4.39 Å². The fraction of sp³-hybridized carbons (Fsp3) is 0.176. The SMILES string of the molecule is Fc1ccc(C#CC#CCCCn2cccc2)cc1. The summed E-state index contributed by atoms with van der Waals surface area (Å²) in [6, 6.07) is 10.1. The summed E-state index contributed by atoms with van der Waals surface area (Å²) in [5.41, 5.74) is 0.781. The molecule has 0 radical (unpaired) electrons. The first kappa shape index (κ1) is 13.0. The number of unbranched alkanes of at least 4 members (excludes halogenated alkanes) is 1. The van der Waals surface area contributed by atoms with Crippen molar-refractivity contribution in [3.8, 4) is 23.7 Å². The second-order valence-electron chi connectivity index (χ2n) is 4.08. The fourth-order valence-electron chi connectivity index (χ4n) is 1.61. The average molecular weight is 251 g/mol. The lowest BCUT2D eigenvalue weighted by molar-refractivity contribution is 0.627. The number of nitrogens with zero attached hydrogens (tertiary/aromatic N) is 1. The summed E-state index contributed by atoms with van der Waals surface area (Å²) in [7, 11) is 0. The van der Waals surface area contributed by atoms with Crippen LogP contribution in [-0.4, -0.2) is 4.57 Å². The summed E-state index contributed by atoms with van der Waals surface area (Å²) in [6.07, 6.45) is 5.93. The Morgan fingerprint density at radius 2 is 1.74 bits per heavy atom. The molecule has 0 aliphatic carbocycles. The van der Waals surface area contributed by atoms with Crippen molar-refractivity contribution in [1.29, 1.82) is 0 Å². The predicted octanol–water partition coefficient (Wildman–Crippen LogP) is 3.46. The molecule has 0 saturated carbocycles. The van der Waals surface area contributed by atoms with Crippen LogP contribution < -0.4 is 0 Å². The molecule has 1 heterocycles. The van der Waals surface area contributed by atoms with Crippen molar-refractivity contribution in [1.82, 2.24) is 4.57 Å². The Morgan fingerprint density at radius 3 is 2.47 bits per heavy atom. The molecule has 19 heavy (non-hydrogen) atoms. The highest BCUT2D eigenvalue weighted by Gasteiger charge is 1.88. The third-order valence-electron chi connectivity index (χ3n) is 2.59. The molecule has 0 bridgehead atoms. The van der Waals surface area contributed by atoms with Crippen LogP contribution in [0.1, 0.15) is 18.4 Å². The number of halogens is 1. The molecule has 1 aromatic carbocycles. The summed E-state index contributed by atoms with van der Waals surface area (Å²) < 4.78 is 14.8. The van der Waals surface area contributed by atoms with E-state index < -0.39 is 0 Å². The van der Waals surface area contributed by atoms with E-state index >= 15 is 0 Å². The van der Waals surface area contributed by atoms with Crippen molar-refractivity contribution >= 4 is 0 Å². The average Bonchev–Trinajstić information content (AvgIpc) is 2.93. The standard InChI is InChI=1S/C17H14FN/c18-17-11-9-16(10-12-17)8-4-2-1-3-5-13-19-14-6-7-15-19/h6-7,9-12,14-15H,3,5,13H2. The minimum atomic E-state index is -0.248. The Balaban J connectivity index is 1.74. The molecule has 2 rings (SSSR count). The molecule has 94 valence electrons. The van der Waals surface area contributed by atoms with Gasteiger partial charge in [-0.3, -0.25) is 0 Å². The van der Waals surface area contributed by atoms with E-state index in [1.807, 2.05) is 24.5 Å². The first-order valence-electron chi connectivity index (χ1n) is 6.20. The van der Waals surface area contributed by atoms with Gasteiger partial charge in [-0.2, -0.15) is 0 Å². The van der Waals surface area contributed by atoms with Crippen molar-refractivity contribution in [2.24, 2.45) is 0 Å². The highest BCUT2D eigenvalue weighted by atomic mass is 19.1. The topological polar surface area (TPSA) is 4.93 Å². The number of benzene rings is 1. The van der Waals surface area contributed by atoms with Gasteiger partial charge in [0.05, 0.1) is 0 Å². The second-order valence-corrected chi connectivity index (χ2v) is 4.08. The molecule has 2 aromatic rings. The molecular weight excluding hydrogens is 237 g/mol. The van der Waals surface area contributed by atoms with Crippen molar-refractivity contribution in [2.75, 3.05) is 0 Å². The number of aromatic nitrogens is 1. The van der Waals surface area contributed by atoms with Crippen molar-refractivity contribution in [3.63, 3.8) is 0 Å². The van der Waals surface area contributed by atoms with E-state index in [0.29, 0.717) is 0 Å². The molecule has 0 N–H and O–H groups in total. The van der Waals surface area contributed by atoms with E-state index in [1.165, 1.54) is 12.1 Å². The van der Waals surface area contributed by atoms with E-state index in [9.17, 15) is 4.39 Å². The summed E-state index contributed by atoms with van der Waals surface area (Å²) in [5, 5.41) is 0. The van der Waals surface area contributed by atoms with Gasteiger partial charge >= 0.3 is 0 Å². The number of hydrogen-bond acceptors (Lipinski definition) is 0. The maximum Gasteiger partial charge on any atom is 0.123 e. The Hall–Kier alpha value is -2.45. The van der Waals surface area contributed by atoms with Crippen LogP contribution in [0.4, 0.5) is 4.39 Å². The Kier molecular flexibility index (Phi) is 4.85. The third-order valence-corrected chi connectivity index (χ3v) is 2.59. The lowest BCUT2D eigenvalue weighted by Crippen LogP contribution is -1.92. The largest absolute Gasteiger partial charge is 0.354 e. The van der Waals surface area contributed by atoms with E-state index in [0.717, 1.165) is 24.9 Å². The lowest BCUT2D eigenvalue weighted by atomic mass is 10.2. The van der Waals surface area contributed by atoms with Crippen LogP contribution in [0.25, 0.3) is 0 Å². The minimum absolute atomic E-state index is 0.248. The molecule has 0 fully saturated rings. The van der Waals surface area contributed by atoms with Gasteiger partial charge in [0.15, 0.2) is 0 Å². The molecule has 1 aromatic heterocycles. The molecule has 0 saturated heterocycles. The molecule has 1 nitrogen and oxygen atoms in total. The van der Waals surface area contributed by atoms with Crippen LogP contribution in [0.2, 0.25) is 0 Å². The first-order valence-corrected chi connectivity index (χ1v) is 6.20. The number of hydrogen-bond donors (Lipinski definition) is 0. The molecule has 0 spiro atoms. The van der Waals surface area contributed by atoms with Gasteiger partial charge in [-0.1, -0.05) is 11.8 Å². The molecule has 0 amide bonds. The van der Waals surface area contributed by atoms with Crippen LogP contribution >= 0.6 is 0 Å². The Morgan fingerprint density at radius 1 is 1.00 bits per heavy atom. The first-order chi connectivity index (χ1) is 9.34. The van der Waals surface area contributed by atoms with Crippen LogP contribution in [0, 0.1) is 29.5 Å². The van der Waals surface area contributed by atoms with Crippen LogP contribution in [-0.2, 0) is 6.54 Å². The van der Waals surface area contributed by atoms with Crippen LogP contribution in [0.15, 0.2) is 48.8 Å². The Bertz CT molecular complexity index is 616. The molecule has 0 unspecified atom stereocenters. The normalized spacial score (nSPS) is 9.11. The van der Waals surface area contributed by atoms with Gasteiger partial charge in [-0.05, 0) is 54.7 Å². The summed E-state index contributed by atoms with van der Waals surface area (Å²) in [5.74, 6) is 11.2.